The van der Waals surface area contributed by atoms with Crippen LogP contribution in [0.25, 0.3) is 10.9 Å². The molecule has 0 spiro atoms. The van der Waals surface area contributed by atoms with Crippen LogP contribution in [0.4, 0.5) is 5.69 Å². The first kappa shape index (κ1) is 20.0. The number of hydrogen-bond acceptors (Lipinski definition) is 5. The van der Waals surface area contributed by atoms with E-state index in [1.165, 1.54) is 0 Å². The number of amides is 1. The highest BCUT2D eigenvalue weighted by molar-refractivity contribution is 9.10. The van der Waals surface area contributed by atoms with Crippen LogP contribution in [0.5, 0.6) is 0 Å². The third kappa shape index (κ3) is 3.68. The minimum absolute atomic E-state index is 0.215. The summed E-state index contributed by atoms with van der Waals surface area (Å²) in [6.45, 7) is 2.74. The number of hydrogen-bond donors (Lipinski definition) is 1. The maximum atomic E-state index is 12.9. The van der Waals surface area contributed by atoms with Crippen molar-refractivity contribution < 1.29 is 4.79 Å². The zero-order valence-electron chi connectivity index (χ0n) is 16.7. The number of benzene rings is 2. The van der Waals surface area contributed by atoms with Gasteiger partial charge in [-0.25, -0.2) is 4.68 Å². The summed E-state index contributed by atoms with van der Waals surface area (Å²) in [6.07, 6.45) is 1.80. The molecular weight excluding hydrogens is 482 g/mol. The second-order valence-corrected chi connectivity index (χ2v) is 8.68. The largest absolute Gasteiger partial charge is 0.363 e. The minimum Gasteiger partial charge on any atom is -0.363 e. The normalized spacial score (nSPS) is 13.5. The van der Waals surface area contributed by atoms with E-state index in [2.05, 4.69) is 41.6 Å². The number of rotatable bonds is 4. The first-order chi connectivity index (χ1) is 15.0. The van der Waals surface area contributed by atoms with Crippen LogP contribution in [0.1, 0.15) is 21.7 Å². The highest BCUT2D eigenvalue weighted by Gasteiger charge is 2.24. The summed E-state index contributed by atoms with van der Waals surface area (Å²) in [4.78, 5) is 15.1. The van der Waals surface area contributed by atoms with Crippen molar-refractivity contribution in [3.8, 4) is 0 Å². The molecule has 3 heterocycles. The molecule has 1 aliphatic heterocycles. The van der Waals surface area contributed by atoms with Crippen molar-refractivity contribution in [1.29, 1.82) is 0 Å². The number of anilines is 1. The molecule has 1 aliphatic rings. The summed E-state index contributed by atoms with van der Waals surface area (Å²) in [6, 6.07) is 11.4. The predicted octanol–water partition coefficient (Wildman–Crippen LogP) is 3.53. The van der Waals surface area contributed by atoms with Gasteiger partial charge in [0.05, 0.1) is 40.7 Å². The number of nitrogens with one attached hydrogen (secondary N) is 1. The lowest BCUT2D eigenvalue weighted by molar-refractivity contribution is 0.0947. The zero-order chi connectivity index (χ0) is 21.5. The number of carbonyl (C=O) groups excluding carboxylic acids is 1. The first-order valence-electron chi connectivity index (χ1n) is 9.81. The Morgan fingerprint density at radius 2 is 2.00 bits per heavy atom. The summed E-state index contributed by atoms with van der Waals surface area (Å²) in [5.74, 6) is -0.215. The van der Waals surface area contributed by atoms with E-state index >= 15 is 0 Å². The molecule has 158 valence electrons. The van der Waals surface area contributed by atoms with Crippen molar-refractivity contribution >= 4 is 50.0 Å². The lowest BCUT2D eigenvalue weighted by atomic mass is 10.1. The van der Waals surface area contributed by atoms with Gasteiger partial charge in [-0.05, 0) is 45.8 Å². The highest BCUT2D eigenvalue weighted by Crippen LogP contribution is 2.36. The van der Waals surface area contributed by atoms with Gasteiger partial charge in [0, 0.05) is 30.5 Å². The second kappa shape index (κ2) is 7.97. The van der Waals surface area contributed by atoms with Crippen molar-refractivity contribution in [2.24, 2.45) is 7.05 Å². The van der Waals surface area contributed by atoms with Crippen LogP contribution < -0.4 is 10.2 Å². The molecule has 10 heteroatoms. The summed E-state index contributed by atoms with van der Waals surface area (Å²) >= 11 is 9.68. The standard InChI is InChI=1S/C21H19BrClN7O/c1-28-20-16(19(26-28)21(31)24-10-13-2-4-14(23)5-3-13)6-7-17(18(20)22)29-8-9-30-15(12-29)11-25-27-30/h2-7,11H,8-10,12H2,1H3,(H,24,31). The maximum absolute atomic E-state index is 12.9. The highest BCUT2D eigenvalue weighted by atomic mass is 79.9. The van der Waals surface area contributed by atoms with Crippen molar-refractivity contribution in [3.05, 3.63) is 69.0 Å². The van der Waals surface area contributed by atoms with E-state index in [0.29, 0.717) is 17.3 Å². The number of aryl methyl sites for hydroxylation is 1. The van der Waals surface area contributed by atoms with E-state index in [4.69, 9.17) is 11.6 Å². The third-order valence-electron chi connectivity index (χ3n) is 5.48. The van der Waals surface area contributed by atoms with Crippen molar-refractivity contribution in [2.75, 3.05) is 11.4 Å². The van der Waals surface area contributed by atoms with Crippen LogP contribution in [0, 0.1) is 0 Å². The summed E-state index contributed by atoms with van der Waals surface area (Å²) in [7, 11) is 1.85. The van der Waals surface area contributed by atoms with Crippen LogP contribution in [0.2, 0.25) is 5.02 Å². The maximum Gasteiger partial charge on any atom is 0.272 e. The number of halogens is 2. The van der Waals surface area contributed by atoms with Crippen LogP contribution in [-0.4, -0.2) is 37.2 Å². The molecule has 0 atom stereocenters. The molecule has 8 nitrogen and oxygen atoms in total. The molecule has 0 radical (unpaired) electrons. The van der Waals surface area contributed by atoms with E-state index in [-0.39, 0.29) is 5.91 Å². The van der Waals surface area contributed by atoms with Gasteiger partial charge in [-0.15, -0.1) is 5.10 Å². The minimum atomic E-state index is -0.215. The molecule has 5 rings (SSSR count). The molecule has 2 aromatic carbocycles. The lowest BCUT2D eigenvalue weighted by Gasteiger charge is -2.30. The van der Waals surface area contributed by atoms with Gasteiger partial charge in [-0.1, -0.05) is 28.9 Å². The van der Waals surface area contributed by atoms with Gasteiger partial charge < -0.3 is 10.2 Å². The van der Waals surface area contributed by atoms with Gasteiger partial charge in [0.2, 0.25) is 0 Å². The van der Waals surface area contributed by atoms with E-state index in [1.54, 1.807) is 10.9 Å². The molecule has 0 unspecified atom stereocenters. The molecule has 0 fully saturated rings. The average Bonchev–Trinajstić information content (AvgIpc) is 3.37. The topological polar surface area (TPSA) is 80.9 Å². The van der Waals surface area contributed by atoms with Crippen LogP contribution in [-0.2, 0) is 26.7 Å². The van der Waals surface area contributed by atoms with Gasteiger partial charge in [0.25, 0.3) is 5.91 Å². The zero-order valence-corrected chi connectivity index (χ0v) is 19.1. The van der Waals surface area contributed by atoms with Crippen molar-refractivity contribution in [1.82, 2.24) is 30.1 Å². The molecule has 0 bridgehead atoms. The molecule has 2 aromatic heterocycles. The smallest absolute Gasteiger partial charge is 0.272 e. The Kier molecular flexibility index (Phi) is 5.15. The fourth-order valence-corrected chi connectivity index (χ4v) is 4.86. The fourth-order valence-electron chi connectivity index (χ4n) is 3.88. The van der Waals surface area contributed by atoms with Gasteiger partial charge in [0.1, 0.15) is 0 Å². The SMILES string of the molecule is Cn1nc(C(=O)NCc2ccc(Cl)cc2)c2ccc(N3CCn4nncc4C3)c(Br)c21. The van der Waals surface area contributed by atoms with Gasteiger partial charge in [-0.2, -0.15) is 5.10 Å². The molecule has 1 N–H and O–H groups in total. The molecule has 1 amide bonds. The van der Waals surface area contributed by atoms with E-state index in [0.717, 1.165) is 52.0 Å². The summed E-state index contributed by atoms with van der Waals surface area (Å²) in [5, 5.41) is 17.0. The Balaban J connectivity index is 1.41. The lowest BCUT2D eigenvalue weighted by Crippen LogP contribution is -2.34. The van der Waals surface area contributed by atoms with Crippen LogP contribution in [0.3, 0.4) is 0 Å². The Hall–Kier alpha value is -2.91. The van der Waals surface area contributed by atoms with Crippen LogP contribution >= 0.6 is 27.5 Å². The number of carbonyl (C=O) groups is 1. The van der Waals surface area contributed by atoms with Crippen molar-refractivity contribution in [2.45, 2.75) is 19.6 Å². The van der Waals surface area contributed by atoms with E-state index < -0.39 is 0 Å². The Bertz CT molecular complexity index is 1280. The monoisotopic (exact) mass is 499 g/mol. The summed E-state index contributed by atoms with van der Waals surface area (Å²) < 4.78 is 4.59. The Morgan fingerprint density at radius 1 is 1.19 bits per heavy atom. The number of fused-ring (bicyclic) bond motifs is 2. The molecule has 0 aliphatic carbocycles. The first-order valence-corrected chi connectivity index (χ1v) is 11.0. The molecule has 0 saturated carbocycles. The summed E-state index contributed by atoms with van der Waals surface area (Å²) in [5.41, 5.74) is 4.38. The molecule has 4 aromatic rings. The quantitative estimate of drug-likeness (QED) is 0.464. The molecule has 31 heavy (non-hydrogen) atoms. The molecule has 0 saturated heterocycles. The Morgan fingerprint density at radius 3 is 2.81 bits per heavy atom. The Labute approximate surface area is 191 Å². The van der Waals surface area contributed by atoms with Gasteiger partial charge >= 0.3 is 0 Å². The van der Waals surface area contributed by atoms with E-state index in [1.807, 2.05) is 48.1 Å². The van der Waals surface area contributed by atoms with E-state index in [9.17, 15) is 4.79 Å². The predicted molar refractivity (Wildman–Crippen MR) is 122 cm³/mol. The third-order valence-corrected chi connectivity index (χ3v) is 6.51. The van der Waals surface area contributed by atoms with Gasteiger partial charge in [0.15, 0.2) is 5.69 Å². The van der Waals surface area contributed by atoms with Gasteiger partial charge in [-0.3, -0.25) is 9.48 Å². The second-order valence-electron chi connectivity index (χ2n) is 7.45. The van der Waals surface area contributed by atoms with Crippen molar-refractivity contribution in [3.63, 3.8) is 0 Å². The fraction of sp³-hybridized carbons (Fsp3) is 0.238. The number of aromatic nitrogens is 5. The number of nitrogens with zero attached hydrogens (tertiary/aromatic N) is 6. The average molecular weight is 501 g/mol. The molecular formula is C21H19BrClN7O. The van der Waals surface area contributed by atoms with Crippen LogP contribution in [0.15, 0.2) is 47.1 Å².